The van der Waals surface area contributed by atoms with Crippen LogP contribution >= 0.6 is 15.9 Å². The summed E-state index contributed by atoms with van der Waals surface area (Å²) in [6.45, 7) is 3.41. The molecule has 0 saturated heterocycles. The highest BCUT2D eigenvalue weighted by atomic mass is 79.9. The second-order valence-electron chi connectivity index (χ2n) is 6.91. The molecule has 0 amide bonds. The number of aromatic amines is 1. The van der Waals surface area contributed by atoms with E-state index in [1.807, 2.05) is 0 Å². The van der Waals surface area contributed by atoms with Crippen molar-refractivity contribution < 1.29 is 22.0 Å². The van der Waals surface area contributed by atoms with Crippen molar-refractivity contribution in [3.63, 3.8) is 0 Å². The number of alkyl halides is 1. The lowest BCUT2D eigenvalue weighted by Gasteiger charge is -2.20. The molecule has 0 saturated carbocycles. The number of nitrogens with zero attached hydrogens (tertiary/aromatic N) is 1. The van der Waals surface area contributed by atoms with Crippen LogP contribution in [-0.4, -0.2) is 36.1 Å². The van der Waals surface area contributed by atoms with Crippen molar-refractivity contribution in [2.75, 3.05) is 5.75 Å². The minimum absolute atomic E-state index is 0.0582. The third-order valence-corrected chi connectivity index (χ3v) is 6.19. The van der Waals surface area contributed by atoms with Gasteiger partial charge in [0.2, 0.25) is 10.0 Å². The van der Waals surface area contributed by atoms with Crippen LogP contribution in [0, 0.1) is 5.92 Å². The molecule has 28 heavy (non-hydrogen) atoms. The quantitative estimate of drug-likeness (QED) is 0.621. The molecule has 0 aromatic carbocycles. The number of halogens is 3. The molecule has 1 aliphatic carbocycles. The van der Waals surface area contributed by atoms with Crippen LogP contribution in [0.15, 0.2) is 46.1 Å². The number of fused-ring (bicyclic) bond motifs is 1. The molecular formula is C18H18BrF2N3O3S. The highest BCUT2D eigenvalue weighted by Gasteiger charge is 2.33. The first-order valence-electron chi connectivity index (χ1n) is 8.51. The van der Waals surface area contributed by atoms with Crippen molar-refractivity contribution in [1.82, 2.24) is 14.7 Å². The summed E-state index contributed by atoms with van der Waals surface area (Å²) in [6, 6.07) is 1.61. The van der Waals surface area contributed by atoms with Gasteiger partial charge >= 0.3 is 0 Å². The Morgan fingerprint density at radius 2 is 2.18 bits per heavy atom. The minimum Gasteiger partial charge on any atom is -0.345 e. The molecular weight excluding hydrogens is 456 g/mol. The lowest BCUT2D eigenvalue weighted by Crippen LogP contribution is -2.31. The number of aromatic nitrogens is 2. The number of hydrogen-bond acceptors (Lipinski definition) is 4. The zero-order valence-electron chi connectivity index (χ0n) is 15.1. The predicted octanol–water partition coefficient (Wildman–Crippen LogP) is 3.93. The summed E-state index contributed by atoms with van der Waals surface area (Å²) in [5.41, 5.74) is -0.655. The molecule has 2 N–H and O–H groups in total. The summed E-state index contributed by atoms with van der Waals surface area (Å²) in [5, 5.41) is 0.406. The van der Waals surface area contributed by atoms with Crippen LogP contribution in [0.1, 0.15) is 30.6 Å². The van der Waals surface area contributed by atoms with E-state index in [0.717, 1.165) is 6.08 Å². The molecule has 0 aliphatic heterocycles. The van der Waals surface area contributed by atoms with Gasteiger partial charge < -0.3 is 4.98 Å². The summed E-state index contributed by atoms with van der Waals surface area (Å²) in [6.07, 6.45) is 1.78. The molecule has 0 radical (unpaired) electrons. The first kappa shape index (κ1) is 20.7. The maximum atomic E-state index is 14.9. The molecule has 1 atom stereocenters. The number of rotatable bonds is 6. The van der Waals surface area contributed by atoms with Crippen LogP contribution < -0.4 is 4.72 Å². The maximum absolute atomic E-state index is 14.9. The molecule has 3 rings (SSSR count). The van der Waals surface area contributed by atoms with Crippen LogP contribution in [0.2, 0.25) is 0 Å². The van der Waals surface area contributed by atoms with Gasteiger partial charge in [-0.1, -0.05) is 19.9 Å². The number of pyridine rings is 1. The number of carbonyl (C=O) groups excluding carboxylic acids is 1. The topological polar surface area (TPSA) is 91.9 Å². The van der Waals surface area contributed by atoms with Gasteiger partial charge in [0.25, 0.3) is 0 Å². The van der Waals surface area contributed by atoms with Gasteiger partial charge in [-0.25, -0.2) is 22.2 Å². The number of sulfonamides is 1. The van der Waals surface area contributed by atoms with E-state index in [-0.39, 0.29) is 23.7 Å². The Hall–Kier alpha value is -2.07. The normalized spacial score (nSPS) is 17.9. The van der Waals surface area contributed by atoms with E-state index in [0.29, 0.717) is 15.5 Å². The lowest BCUT2D eigenvalue weighted by atomic mass is 9.93. The molecule has 1 aliphatic rings. The number of Topliss-reactive ketones (excluding diaryl/α,β-unsaturated/α-hetero) is 1. The third kappa shape index (κ3) is 4.17. The van der Waals surface area contributed by atoms with E-state index in [2.05, 4.69) is 30.6 Å². The van der Waals surface area contributed by atoms with E-state index >= 15 is 0 Å². The van der Waals surface area contributed by atoms with Gasteiger partial charge in [-0.15, -0.1) is 0 Å². The van der Waals surface area contributed by atoms with Crippen LogP contribution in [0.25, 0.3) is 11.0 Å². The predicted molar refractivity (Wildman–Crippen MR) is 106 cm³/mol. The Labute approximate surface area is 169 Å². The molecule has 0 fully saturated rings. The van der Waals surface area contributed by atoms with Gasteiger partial charge in [0.1, 0.15) is 11.8 Å². The van der Waals surface area contributed by atoms with Crippen molar-refractivity contribution in [2.24, 2.45) is 5.92 Å². The van der Waals surface area contributed by atoms with E-state index in [1.165, 1.54) is 12.4 Å². The van der Waals surface area contributed by atoms with Gasteiger partial charge in [-0.05, 0) is 27.9 Å². The van der Waals surface area contributed by atoms with Crippen LogP contribution in [0.3, 0.4) is 0 Å². The summed E-state index contributed by atoms with van der Waals surface area (Å²) in [7, 11) is -3.82. The zero-order chi connectivity index (χ0) is 20.6. The van der Waals surface area contributed by atoms with Gasteiger partial charge in [0.15, 0.2) is 11.6 Å². The van der Waals surface area contributed by atoms with Crippen LogP contribution in [0.5, 0.6) is 0 Å². The first-order valence-corrected chi connectivity index (χ1v) is 11.0. The number of hydrogen-bond donors (Lipinski definition) is 2. The molecule has 6 nitrogen and oxygen atoms in total. The van der Waals surface area contributed by atoms with Crippen molar-refractivity contribution in [2.45, 2.75) is 26.4 Å². The van der Waals surface area contributed by atoms with Crippen LogP contribution in [-0.2, 0) is 10.0 Å². The smallest absolute Gasteiger partial charge is 0.233 e. The van der Waals surface area contributed by atoms with Crippen molar-refractivity contribution in [3.8, 4) is 0 Å². The Bertz CT molecular complexity index is 1110. The fourth-order valence-corrected chi connectivity index (χ4v) is 4.80. The molecule has 150 valence electrons. The zero-order valence-corrected chi connectivity index (χ0v) is 17.5. The standard InChI is InChI=1S/C18H18BrF2N3O3S/c1-9(2)8-28(26,27)24-14-4-3-13(20)15(16(14)21)17(25)12-7-23-18-11(12)5-10(19)6-22-18/h4-7,9,13,24H,3,8H2,1-2H3,(H,22,23). The van der Waals surface area contributed by atoms with E-state index < -0.39 is 39.1 Å². The second kappa shape index (κ2) is 7.75. The van der Waals surface area contributed by atoms with Gasteiger partial charge in [0.05, 0.1) is 17.0 Å². The largest absolute Gasteiger partial charge is 0.345 e. The molecule has 2 aromatic heterocycles. The average Bonchev–Trinajstić information content (AvgIpc) is 2.99. The van der Waals surface area contributed by atoms with Gasteiger partial charge in [-0.3, -0.25) is 9.52 Å². The average molecular weight is 474 g/mol. The summed E-state index contributed by atoms with van der Waals surface area (Å²) < 4.78 is 56.4. The Kier molecular flexibility index (Phi) is 5.72. The Morgan fingerprint density at radius 1 is 1.46 bits per heavy atom. The fourth-order valence-electron chi connectivity index (χ4n) is 3.00. The molecule has 1 unspecified atom stereocenters. The third-order valence-electron chi connectivity index (χ3n) is 4.12. The first-order chi connectivity index (χ1) is 13.1. The molecule has 10 heteroatoms. The fraction of sp³-hybridized carbons (Fsp3) is 0.333. The minimum atomic E-state index is -3.82. The van der Waals surface area contributed by atoms with Gasteiger partial charge in [-0.2, -0.15) is 0 Å². The Morgan fingerprint density at radius 3 is 2.86 bits per heavy atom. The number of nitrogens with one attached hydrogen (secondary N) is 2. The summed E-state index contributed by atoms with van der Waals surface area (Å²) in [5.74, 6) is -2.46. The van der Waals surface area contributed by atoms with Crippen molar-refractivity contribution in [1.29, 1.82) is 0 Å². The molecule has 0 bridgehead atoms. The monoisotopic (exact) mass is 473 g/mol. The summed E-state index contributed by atoms with van der Waals surface area (Å²) >= 11 is 3.25. The van der Waals surface area contributed by atoms with E-state index in [4.69, 9.17) is 0 Å². The summed E-state index contributed by atoms with van der Waals surface area (Å²) in [4.78, 5) is 19.8. The molecule has 2 aromatic rings. The number of ketones is 1. The van der Waals surface area contributed by atoms with E-state index in [9.17, 15) is 22.0 Å². The Balaban J connectivity index is 1.99. The number of H-pyrrole nitrogens is 1. The van der Waals surface area contributed by atoms with Gasteiger partial charge in [0, 0.05) is 34.2 Å². The lowest BCUT2D eigenvalue weighted by molar-refractivity contribution is 0.101. The molecule has 2 heterocycles. The highest BCUT2D eigenvalue weighted by molar-refractivity contribution is 9.10. The number of allylic oxidation sites excluding steroid dienone is 3. The second-order valence-corrected chi connectivity index (χ2v) is 9.59. The maximum Gasteiger partial charge on any atom is 0.233 e. The highest BCUT2D eigenvalue weighted by Crippen LogP contribution is 2.32. The van der Waals surface area contributed by atoms with E-state index in [1.54, 1.807) is 19.9 Å². The van der Waals surface area contributed by atoms with Crippen LogP contribution in [0.4, 0.5) is 8.78 Å². The van der Waals surface area contributed by atoms with Crippen molar-refractivity contribution in [3.05, 3.63) is 51.7 Å². The molecule has 0 spiro atoms. The van der Waals surface area contributed by atoms with Crippen molar-refractivity contribution >= 4 is 42.8 Å². The number of carbonyl (C=O) groups is 1. The SMILES string of the molecule is CC(C)CS(=O)(=O)NC1=CCC(F)C(C(=O)c2c[nH]c3ncc(Br)cc23)=C1F.